The lowest BCUT2D eigenvalue weighted by Gasteiger charge is -2.07. The maximum atomic E-state index is 11.6. The molecule has 0 aliphatic carbocycles. The predicted molar refractivity (Wildman–Crippen MR) is 75.1 cm³/mol. The first-order valence-corrected chi connectivity index (χ1v) is 7.92. The maximum absolute atomic E-state index is 11.6. The summed E-state index contributed by atoms with van der Waals surface area (Å²) in [4.78, 5) is 0. The Kier molecular flexibility index (Phi) is 6.46. The van der Waals surface area contributed by atoms with Gasteiger partial charge in [-0.3, -0.25) is 0 Å². The SMILES string of the molecule is COCCCS(=O)(=O)CCNc1ccc(Cl)cc1. The number of hydrogen-bond donors (Lipinski definition) is 1. The first kappa shape index (κ1) is 15.3. The molecule has 0 heterocycles. The maximum Gasteiger partial charge on any atom is 0.152 e. The molecular formula is C12H18ClNO3S. The van der Waals surface area contributed by atoms with E-state index >= 15 is 0 Å². The molecular weight excluding hydrogens is 274 g/mol. The van der Waals surface area contributed by atoms with Gasteiger partial charge in [-0.1, -0.05) is 11.6 Å². The summed E-state index contributed by atoms with van der Waals surface area (Å²) in [6.07, 6.45) is 0.541. The standard InChI is InChI=1S/C12H18ClNO3S/c1-17-8-2-9-18(15,16)10-7-14-12-5-3-11(13)4-6-12/h3-6,14H,2,7-10H2,1H3. The molecule has 102 valence electrons. The first-order chi connectivity index (χ1) is 8.53. The molecule has 1 aromatic carbocycles. The summed E-state index contributed by atoms with van der Waals surface area (Å²) in [5, 5.41) is 3.71. The monoisotopic (exact) mass is 291 g/mol. The van der Waals surface area contributed by atoms with Gasteiger partial charge < -0.3 is 10.1 Å². The Bertz CT molecular complexity index is 445. The van der Waals surface area contributed by atoms with Crippen LogP contribution in [0.5, 0.6) is 0 Å². The number of nitrogens with one attached hydrogen (secondary N) is 1. The number of rotatable bonds is 8. The zero-order valence-electron chi connectivity index (χ0n) is 10.4. The van der Waals surface area contributed by atoms with E-state index in [4.69, 9.17) is 16.3 Å². The Labute approximate surface area is 113 Å². The molecule has 0 atom stereocenters. The number of benzene rings is 1. The summed E-state index contributed by atoms with van der Waals surface area (Å²) in [7, 11) is -1.44. The zero-order valence-corrected chi connectivity index (χ0v) is 11.9. The van der Waals surface area contributed by atoms with Crippen molar-refractivity contribution in [1.82, 2.24) is 0 Å². The van der Waals surface area contributed by atoms with E-state index in [0.717, 1.165) is 5.69 Å². The highest BCUT2D eigenvalue weighted by atomic mass is 35.5. The van der Waals surface area contributed by atoms with Gasteiger partial charge in [0.1, 0.15) is 0 Å². The number of halogens is 1. The molecule has 0 spiro atoms. The van der Waals surface area contributed by atoms with E-state index in [2.05, 4.69) is 5.32 Å². The summed E-state index contributed by atoms with van der Waals surface area (Å²) in [6.45, 7) is 0.876. The van der Waals surface area contributed by atoms with Crippen LogP contribution in [0.3, 0.4) is 0 Å². The molecule has 0 amide bonds. The van der Waals surface area contributed by atoms with Crippen molar-refractivity contribution in [2.75, 3.05) is 37.1 Å². The molecule has 0 aromatic heterocycles. The molecule has 0 radical (unpaired) electrons. The Morgan fingerprint density at radius 1 is 1.22 bits per heavy atom. The lowest BCUT2D eigenvalue weighted by atomic mass is 10.3. The average molecular weight is 292 g/mol. The van der Waals surface area contributed by atoms with Crippen molar-refractivity contribution >= 4 is 27.1 Å². The molecule has 0 unspecified atom stereocenters. The van der Waals surface area contributed by atoms with Gasteiger partial charge in [0.2, 0.25) is 0 Å². The van der Waals surface area contributed by atoms with E-state index in [1.807, 2.05) is 12.1 Å². The number of sulfone groups is 1. The van der Waals surface area contributed by atoms with Crippen LogP contribution < -0.4 is 5.32 Å². The summed E-state index contributed by atoms with van der Waals surface area (Å²) in [5.74, 6) is 0.294. The van der Waals surface area contributed by atoms with E-state index in [-0.39, 0.29) is 11.5 Å². The molecule has 1 aromatic rings. The second-order valence-corrected chi connectivity index (χ2v) is 6.67. The Balaban J connectivity index is 2.30. The van der Waals surface area contributed by atoms with Gasteiger partial charge in [0.05, 0.1) is 11.5 Å². The van der Waals surface area contributed by atoms with E-state index in [1.165, 1.54) is 0 Å². The number of ether oxygens (including phenoxy) is 1. The second-order valence-electron chi connectivity index (χ2n) is 3.93. The Morgan fingerprint density at radius 2 is 1.89 bits per heavy atom. The zero-order chi connectivity index (χ0) is 13.4. The fourth-order valence-corrected chi connectivity index (χ4v) is 2.74. The van der Waals surface area contributed by atoms with E-state index in [0.29, 0.717) is 24.6 Å². The van der Waals surface area contributed by atoms with Crippen LogP contribution in [0.15, 0.2) is 24.3 Å². The number of methoxy groups -OCH3 is 1. The van der Waals surface area contributed by atoms with Crippen LogP contribution in [-0.2, 0) is 14.6 Å². The minimum Gasteiger partial charge on any atom is -0.385 e. The lowest BCUT2D eigenvalue weighted by Crippen LogP contribution is -2.19. The van der Waals surface area contributed by atoms with Crippen LogP contribution in [0.4, 0.5) is 5.69 Å². The van der Waals surface area contributed by atoms with Crippen molar-refractivity contribution in [3.63, 3.8) is 0 Å². The molecule has 0 bridgehead atoms. The van der Waals surface area contributed by atoms with Crippen LogP contribution in [0, 0.1) is 0 Å². The van der Waals surface area contributed by atoms with Gasteiger partial charge in [-0.15, -0.1) is 0 Å². The van der Waals surface area contributed by atoms with E-state index < -0.39 is 9.84 Å². The van der Waals surface area contributed by atoms with Crippen LogP contribution in [-0.4, -0.2) is 40.2 Å². The van der Waals surface area contributed by atoms with Gasteiger partial charge in [-0.2, -0.15) is 0 Å². The van der Waals surface area contributed by atoms with Crippen molar-refractivity contribution in [3.8, 4) is 0 Å². The van der Waals surface area contributed by atoms with Gasteiger partial charge in [-0.25, -0.2) is 8.42 Å². The summed E-state index contributed by atoms with van der Waals surface area (Å²) in [5.41, 5.74) is 0.867. The van der Waals surface area contributed by atoms with Crippen LogP contribution in [0.25, 0.3) is 0 Å². The van der Waals surface area contributed by atoms with Gasteiger partial charge >= 0.3 is 0 Å². The Morgan fingerprint density at radius 3 is 2.50 bits per heavy atom. The molecule has 6 heteroatoms. The second kappa shape index (κ2) is 7.61. The molecule has 4 nitrogen and oxygen atoms in total. The highest BCUT2D eigenvalue weighted by Gasteiger charge is 2.09. The molecule has 18 heavy (non-hydrogen) atoms. The summed E-state index contributed by atoms with van der Waals surface area (Å²) >= 11 is 5.75. The third kappa shape index (κ3) is 6.23. The van der Waals surface area contributed by atoms with Crippen LogP contribution >= 0.6 is 11.6 Å². The fraction of sp³-hybridized carbons (Fsp3) is 0.500. The summed E-state index contributed by atoms with van der Waals surface area (Å²) in [6, 6.07) is 7.16. The van der Waals surface area contributed by atoms with Crippen LogP contribution in [0.1, 0.15) is 6.42 Å². The molecule has 0 saturated heterocycles. The third-order valence-electron chi connectivity index (χ3n) is 2.39. The first-order valence-electron chi connectivity index (χ1n) is 5.72. The van der Waals surface area contributed by atoms with Gasteiger partial charge in [-0.05, 0) is 30.7 Å². The van der Waals surface area contributed by atoms with Gasteiger partial charge in [0, 0.05) is 31.0 Å². The van der Waals surface area contributed by atoms with Crippen molar-refractivity contribution in [1.29, 1.82) is 0 Å². The van der Waals surface area contributed by atoms with Crippen molar-refractivity contribution in [3.05, 3.63) is 29.3 Å². The third-order valence-corrected chi connectivity index (χ3v) is 4.38. The molecule has 1 rings (SSSR count). The van der Waals surface area contributed by atoms with Crippen LogP contribution in [0.2, 0.25) is 5.02 Å². The predicted octanol–water partition coefficient (Wildman–Crippen LogP) is 2.20. The summed E-state index contributed by atoms with van der Waals surface area (Å²) < 4.78 is 28.1. The topological polar surface area (TPSA) is 55.4 Å². The molecule has 0 aliphatic heterocycles. The molecule has 1 N–H and O–H groups in total. The molecule has 0 fully saturated rings. The van der Waals surface area contributed by atoms with Gasteiger partial charge in [0.15, 0.2) is 9.84 Å². The van der Waals surface area contributed by atoms with Gasteiger partial charge in [0.25, 0.3) is 0 Å². The normalized spacial score (nSPS) is 11.4. The number of hydrogen-bond acceptors (Lipinski definition) is 4. The van der Waals surface area contributed by atoms with E-state index in [1.54, 1.807) is 19.2 Å². The quantitative estimate of drug-likeness (QED) is 0.746. The average Bonchev–Trinajstić information content (AvgIpc) is 2.32. The Hall–Kier alpha value is -0.780. The highest BCUT2D eigenvalue weighted by Crippen LogP contribution is 2.13. The smallest absolute Gasteiger partial charge is 0.152 e. The van der Waals surface area contributed by atoms with Crippen molar-refractivity contribution < 1.29 is 13.2 Å². The minimum atomic E-state index is -3.00. The number of anilines is 1. The fourth-order valence-electron chi connectivity index (χ4n) is 1.44. The van der Waals surface area contributed by atoms with Crippen molar-refractivity contribution in [2.45, 2.75) is 6.42 Å². The molecule has 0 saturated carbocycles. The lowest BCUT2D eigenvalue weighted by molar-refractivity contribution is 0.199. The molecule has 0 aliphatic rings. The largest absolute Gasteiger partial charge is 0.385 e. The van der Waals surface area contributed by atoms with E-state index in [9.17, 15) is 8.42 Å². The minimum absolute atomic E-state index is 0.124. The highest BCUT2D eigenvalue weighted by molar-refractivity contribution is 7.91. The van der Waals surface area contributed by atoms with Crippen molar-refractivity contribution in [2.24, 2.45) is 0 Å².